The number of aromatic nitrogens is 4. The van der Waals surface area contributed by atoms with Crippen LogP contribution in [0, 0.1) is 13.8 Å². The summed E-state index contributed by atoms with van der Waals surface area (Å²) in [5, 5.41) is 15.2. The number of nitrogens with zero attached hydrogens (tertiary/aromatic N) is 4. The van der Waals surface area contributed by atoms with Gasteiger partial charge in [0.1, 0.15) is 0 Å². The smallest absolute Gasteiger partial charge is 0.251 e. The Morgan fingerprint density at radius 3 is 2.59 bits per heavy atom. The molecule has 29 heavy (non-hydrogen) atoms. The number of rotatable bonds is 8. The van der Waals surface area contributed by atoms with Crippen molar-refractivity contribution < 1.29 is 9.59 Å². The minimum atomic E-state index is -0.164. The minimum absolute atomic E-state index is 0.149. The van der Waals surface area contributed by atoms with Gasteiger partial charge in [-0.1, -0.05) is 29.5 Å². The van der Waals surface area contributed by atoms with Gasteiger partial charge in [0.2, 0.25) is 5.91 Å². The van der Waals surface area contributed by atoms with Crippen LogP contribution < -0.4 is 10.6 Å². The standard InChI is InChI=1S/C19H22N6O2S2/c1-4-25-15(10-20-17(27)14-7-5-12(2)6-8-14)23-24-19(25)28-11-16(26)22-18-21-9-13(3)29-18/h5-9H,4,10-11H2,1-3H3,(H,20,27)(H,21,22,26). The summed E-state index contributed by atoms with van der Waals surface area (Å²) in [5.41, 5.74) is 1.70. The molecular formula is C19H22N6O2S2. The summed E-state index contributed by atoms with van der Waals surface area (Å²) in [5.74, 6) is 0.533. The van der Waals surface area contributed by atoms with Crippen molar-refractivity contribution in [1.82, 2.24) is 25.1 Å². The van der Waals surface area contributed by atoms with Gasteiger partial charge in [-0.15, -0.1) is 21.5 Å². The third-order valence-electron chi connectivity index (χ3n) is 4.03. The summed E-state index contributed by atoms with van der Waals surface area (Å²) in [6.45, 7) is 6.78. The number of benzene rings is 1. The number of amides is 2. The zero-order valence-corrected chi connectivity index (χ0v) is 18.1. The third kappa shape index (κ3) is 5.64. The molecule has 0 saturated carbocycles. The molecule has 0 atom stereocenters. The molecule has 152 valence electrons. The van der Waals surface area contributed by atoms with Crippen LogP contribution in [0.3, 0.4) is 0 Å². The van der Waals surface area contributed by atoms with E-state index in [-0.39, 0.29) is 24.1 Å². The lowest BCUT2D eigenvalue weighted by atomic mass is 10.1. The second kappa shape index (κ2) is 9.66. The molecule has 0 spiro atoms. The predicted molar refractivity (Wildman–Crippen MR) is 114 cm³/mol. The van der Waals surface area contributed by atoms with E-state index in [0.717, 1.165) is 10.4 Å². The largest absolute Gasteiger partial charge is 0.345 e. The first kappa shape index (κ1) is 21.0. The van der Waals surface area contributed by atoms with Gasteiger partial charge in [-0.2, -0.15) is 0 Å². The van der Waals surface area contributed by atoms with Gasteiger partial charge in [0.25, 0.3) is 5.91 Å². The van der Waals surface area contributed by atoms with Crippen LogP contribution >= 0.6 is 23.1 Å². The molecule has 2 amide bonds. The number of anilines is 1. The number of hydrogen-bond acceptors (Lipinski definition) is 7. The lowest BCUT2D eigenvalue weighted by Gasteiger charge is -2.08. The molecule has 10 heteroatoms. The van der Waals surface area contributed by atoms with Crippen LogP contribution in [0.5, 0.6) is 0 Å². The van der Waals surface area contributed by atoms with Crippen LogP contribution in [0.2, 0.25) is 0 Å². The van der Waals surface area contributed by atoms with Gasteiger partial charge in [0.05, 0.1) is 12.3 Å². The lowest BCUT2D eigenvalue weighted by Crippen LogP contribution is -2.24. The van der Waals surface area contributed by atoms with Gasteiger partial charge in [-0.3, -0.25) is 9.59 Å². The molecule has 0 aliphatic rings. The minimum Gasteiger partial charge on any atom is -0.345 e. The number of carbonyl (C=O) groups excluding carboxylic acids is 2. The van der Waals surface area contributed by atoms with Crippen LogP contribution in [0.25, 0.3) is 0 Å². The molecule has 0 saturated heterocycles. The van der Waals surface area contributed by atoms with E-state index < -0.39 is 0 Å². The van der Waals surface area contributed by atoms with E-state index in [1.807, 2.05) is 37.5 Å². The highest BCUT2D eigenvalue weighted by Crippen LogP contribution is 2.20. The second-order valence-electron chi connectivity index (χ2n) is 6.30. The van der Waals surface area contributed by atoms with Crippen LogP contribution in [0.15, 0.2) is 35.6 Å². The SMILES string of the molecule is CCn1c(CNC(=O)c2ccc(C)cc2)nnc1SCC(=O)Nc1ncc(C)s1. The molecule has 0 aliphatic heterocycles. The number of hydrogen-bond donors (Lipinski definition) is 2. The van der Waals surface area contributed by atoms with Crippen LogP contribution in [0.1, 0.15) is 33.5 Å². The number of carbonyl (C=O) groups is 2. The molecule has 2 N–H and O–H groups in total. The maximum absolute atomic E-state index is 12.3. The first-order chi connectivity index (χ1) is 14.0. The monoisotopic (exact) mass is 430 g/mol. The van der Waals surface area contributed by atoms with E-state index in [2.05, 4.69) is 25.8 Å². The van der Waals surface area contributed by atoms with E-state index >= 15 is 0 Å². The Morgan fingerprint density at radius 1 is 1.17 bits per heavy atom. The van der Waals surface area contributed by atoms with Crippen LogP contribution in [-0.2, 0) is 17.9 Å². The van der Waals surface area contributed by atoms with Crippen molar-refractivity contribution in [2.24, 2.45) is 0 Å². The quantitative estimate of drug-likeness (QED) is 0.533. The summed E-state index contributed by atoms with van der Waals surface area (Å²) in [7, 11) is 0. The summed E-state index contributed by atoms with van der Waals surface area (Å²) in [6.07, 6.45) is 1.72. The van der Waals surface area contributed by atoms with Crippen LogP contribution in [-0.4, -0.2) is 37.3 Å². The first-order valence-electron chi connectivity index (χ1n) is 9.08. The van der Waals surface area contributed by atoms with Crippen molar-refractivity contribution >= 4 is 40.0 Å². The molecule has 1 aromatic carbocycles. The number of nitrogens with one attached hydrogen (secondary N) is 2. The molecule has 3 rings (SSSR count). The predicted octanol–water partition coefficient (Wildman–Crippen LogP) is 3.03. The van der Waals surface area contributed by atoms with E-state index in [4.69, 9.17) is 0 Å². The fourth-order valence-electron chi connectivity index (χ4n) is 2.54. The third-order valence-corrected chi connectivity index (χ3v) is 5.83. The summed E-state index contributed by atoms with van der Waals surface area (Å²) in [6, 6.07) is 7.38. The van der Waals surface area contributed by atoms with Gasteiger partial charge in [0.15, 0.2) is 16.1 Å². The van der Waals surface area contributed by atoms with Gasteiger partial charge in [-0.05, 0) is 32.9 Å². The Hall–Kier alpha value is -2.72. The topological polar surface area (TPSA) is 102 Å². The zero-order chi connectivity index (χ0) is 20.8. The Balaban J connectivity index is 1.55. The highest BCUT2D eigenvalue weighted by Gasteiger charge is 2.15. The Labute approximate surface area is 177 Å². The fourth-order valence-corrected chi connectivity index (χ4v) is 4.04. The van der Waals surface area contributed by atoms with Crippen molar-refractivity contribution in [1.29, 1.82) is 0 Å². The Morgan fingerprint density at radius 2 is 1.93 bits per heavy atom. The van der Waals surface area contributed by atoms with Gasteiger partial charge in [-0.25, -0.2) is 4.98 Å². The Kier molecular flexibility index (Phi) is 6.99. The summed E-state index contributed by atoms with van der Waals surface area (Å²) < 4.78 is 1.89. The second-order valence-corrected chi connectivity index (χ2v) is 8.48. The molecule has 3 aromatic rings. The molecule has 0 fully saturated rings. The average molecular weight is 431 g/mol. The molecule has 0 unspecified atom stereocenters. The molecule has 2 heterocycles. The average Bonchev–Trinajstić information content (AvgIpc) is 3.30. The lowest BCUT2D eigenvalue weighted by molar-refractivity contribution is -0.113. The fraction of sp³-hybridized carbons (Fsp3) is 0.316. The normalized spacial score (nSPS) is 10.7. The van der Waals surface area contributed by atoms with Gasteiger partial charge >= 0.3 is 0 Å². The van der Waals surface area contributed by atoms with E-state index in [1.54, 1.807) is 18.3 Å². The van der Waals surface area contributed by atoms with Crippen molar-refractivity contribution in [2.75, 3.05) is 11.1 Å². The van der Waals surface area contributed by atoms with E-state index in [9.17, 15) is 9.59 Å². The number of thiazole rings is 1. The van der Waals surface area contributed by atoms with E-state index in [1.165, 1.54) is 23.1 Å². The van der Waals surface area contributed by atoms with Crippen molar-refractivity contribution in [3.05, 3.63) is 52.3 Å². The maximum Gasteiger partial charge on any atom is 0.251 e. The van der Waals surface area contributed by atoms with Crippen molar-refractivity contribution in [3.8, 4) is 0 Å². The number of thioether (sulfide) groups is 1. The van der Waals surface area contributed by atoms with Crippen molar-refractivity contribution in [3.63, 3.8) is 0 Å². The van der Waals surface area contributed by atoms with E-state index in [0.29, 0.717) is 28.2 Å². The van der Waals surface area contributed by atoms with Gasteiger partial charge < -0.3 is 15.2 Å². The molecule has 0 bridgehead atoms. The number of aryl methyl sites for hydroxylation is 2. The zero-order valence-electron chi connectivity index (χ0n) is 16.4. The van der Waals surface area contributed by atoms with Gasteiger partial charge in [0, 0.05) is 23.2 Å². The summed E-state index contributed by atoms with van der Waals surface area (Å²) >= 11 is 2.73. The molecule has 8 nitrogen and oxygen atoms in total. The molecular weight excluding hydrogens is 408 g/mol. The van der Waals surface area contributed by atoms with Crippen LogP contribution in [0.4, 0.5) is 5.13 Å². The molecule has 0 radical (unpaired) electrons. The molecule has 0 aliphatic carbocycles. The highest BCUT2D eigenvalue weighted by molar-refractivity contribution is 7.99. The summed E-state index contributed by atoms with van der Waals surface area (Å²) in [4.78, 5) is 29.6. The Bertz CT molecular complexity index is 997. The highest BCUT2D eigenvalue weighted by atomic mass is 32.2. The molecule has 2 aromatic heterocycles. The first-order valence-corrected chi connectivity index (χ1v) is 10.9. The van der Waals surface area contributed by atoms with Crippen molar-refractivity contribution in [2.45, 2.75) is 39.0 Å². The maximum atomic E-state index is 12.3.